The van der Waals surface area contributed by atoms with E-state index >= 15 is 0 Å². The van der Waals surface area contributed by atoms with Gasteiger partial charge in [-0.15, -0.1) is 0 Å². The molecule has 0 radical (unpaired) electrons. The van der Waals surface area contributed by atoms with Crippen molar-refractivity contribution in [1.29, 1.82) is 0 Å². The van der Waals surface area contributed by atoms with Gasteiger partial charge in [-0.25, -0.2) is 0 Å². The molecule has 0 aliphatic carbocycles. The van der Waals surface area contributed by atoms with Crippen molar-refractivity contribution in [2.75, 3.05) is 7.11 Å². The summed E-state index contributed by atoms with van der Waals surface area (Å²) in [4.78, 5) is 0. The van der Waals surface area contributed by atoms with Crippen LogP contribution < -0.4 is 9.47 Å². The summed E-state index contributed by atoms with van der Waals surface area (Å²) in [7, 11) is 1.61. The van der Waals surface area contributed by atoms with Gasteiger partial charge in [0, 0.05) is 22.6 Å². The number of hydrogen-bond acceptors (Lipinski definition) is 5. The zero-order chi connectivity index (χ0) is 18.4. The van der Waals surface area contributed by atoms with Crippen LogP contribution in [0, 0.1) is 0 Å². The van der Waals surface area contributed by atoms with E-state index in [-0.39, 0.29) is 11.5 Å². The van der Waals surface area contributed by atoms with Crippen molar-refractivity contribution in [3.63, 3.8) is 0 Å². The smallest absolute Gasteiger partial charge is 0.164 e. The molecule has 4 rings (SSSR count). The molecule has 0 amide bonds. The fraction of sp³-hybridized carbons (Fsp3) is 0.238. The summed E-state index contributed by atoms with van der Waals surface area (Å²) in [5, 5.41) is 21.3. The molecule has 0 fully saturated rings. The number of phenolic OH excluding ortho intramolecular Hbond substituents is 2. The van der Waals surface area contributed by atoms with Gasteiger partial charge in [-0.3, -0.25) is 0 Å². The quantitative estimate of drug-likeness (QED) is 0.517. The first-order valence-corrected chi connectivity index (χ1v) is 8.43. The molecule has 2 aromatic carbocycles. The highest BCUT2D eigenvalue weighted by Gasteiger charge is 2.27. The monoisotopic (exact) mass is 352 g/mol. The van der Waals surface area contributed by atoms with E-state index in [0.717, 1.165) is 22.1 Å². The normalized spacial score (nSPS) is 12.3. The van der Waals surface area contributed by atoms with Crippen LogP contribution >= 0.6 is 0 Å². The summed E-state index contributed by atoms with van der Waals surface area (Å²) < 4.78 is 17.3. The van der Waals surface area contributed by atoms with E-state index in [9.17, 15) is 10.2 Å². The largest absolute Gasteiger partial charge is 0.504 e. The third kappa shape index (κ3) is 2.47. The van der Waals surface area contributed by atoms with Gasteiger partial charge in [0.1, 0.15) is 29.4 Å². The van der Waals surface area contributed by atoms with Gasteiger partial charge < -0.3 is 24.1 Å². The molecule has 1 aliphatic heterocycles. The minimum atomic E-state index is -0.154. The van der Waals surface area contributed by atoms with Crippen LogP contribution in [0.15, 0.2) is 40.3 Å². The number of benzene rings is 2. The average Bonchev–Trinajstić information content (AvgIpc) is 2.99. The highest BCUT2D eigenvalue weighted by Crippen LogP contribution is 2.47. The van der Waals surface area contributed by atoms with Gasteiger partial charge in [0.15, 0.2) is 11.5 Å². The van der Waals surface area contributed by atoms with Crippen LogP contribution in [0.1, 0.15) is 25.0 Å². The molecule has 0 bridgehead atoms. The van der Waals surface area contributed by atoms with Crippen molar-refractivity contribution in [3.05, 3.63) is 47.0 Å². The maximum atomic E-state index is 10.3. The third-order valence-electron chi connectivity index (χ3n) is 4.65. The first-order valence-electron chi connectivity index (χ1n) is 8.43. The van der Waals surface area contributed by atoms with Crippen molar-refractivity contribution in [1.82, 2.24) is 0 Å². The fourth-order valence-corrected chi connectivity index (χ4v) is 3.26. The number of aromatic hydroxyl groups is 2. The van der Waals surface area contributed by atoms with Gasteiger partial charge in [0.05, 0.1) is 12.7 Å². The third-order valence-corrected chi connectivity index (χ3v) is 4.65. The second-order valence-corrected chi connectivity index (χ2v) is 6.65. The molecule has 0 saturated carbocycles. The molecule has 0 atom stereocenters. The summed E-state index contributed by atoms with van der Waals surface area (Å²) in [6.45, 7) is 4.30. The van der Waals surface area contributed by atoms with Crippen molar-refractivity contribution in [2.45, 2.75) is 26.9 Å². The topological polar surface area (TPSA) is 72.1 Å². The number of methoxy groups -OCH3 is 1. The lowest BCUT2D eigenvalue weighted by Gasteiger charge is -2.17. The van der Waals surface area contributed by atoms with E-state index in [1.54, 1.807) is 7.11 Å². The lowest BCUT2D eigenvalue weighted by Crippen LogP contribution is -2.03. The second-order valence-electron chi connectivity index (χ2n) is 6.65. The molecule has 5 heteroatoms. The minimum absolute atomic E-state index is 0.142. The Kier molecular flexibility index (Phi) is 3.80. The lowest BCUT2D eigenvalue weighted by molar-refractivity contribution is 0.297. The number of furan rings is 1. The Morgan fingerprint density at radius 3 is 2.77 bits per heavy atom. The van der Waals surface area contributed by atoms with Crippen LogP contribution in [0.2, 0.25) is 0 Å². The van der Waals surface area contributed by atoms with Gasteiger partial charge in [-0.05, 0) is 38.5 Å². The summed E-state index contributed by atoms with van der Waals surface area (Å²) in [5.74, 6) is 1.81. The molecule has 134 valence electrons. The van der Waals surface area contributed by atoms with Crippen LogP contribution in [0.3, 0.4) is 0 Å². The maximum Gasteiger partial charge on any atom is 0.164 e. The summed E-state index contributed by atoms with van der Waals surface area (Å²) in [6, 6.07) is 7.11. The van der Waals surface area contributed by atoms with Crippen LogP contribution in [0.25, 0.3) is 22.3 Å². The van der Waals surface area contributed by atoms with Crippen molar-refractivity contribution in [2.24, 2.45) is 0 Å². The first kappa shape index (κ1) is 16.4. The van der Waals surface area contributed by atoms with Crippen LogP contribution in [0.4, 0.5) is 0 Å². The lowest BCUT2D eigenvalue weighted by atomic mass is 10.00. The van der Waals surface area contributed by atoms with E-state index < -0.39 is 0 Å². The molecular weight excluding hydrogens is 332 g/mol. The fourth-order valence-electron chi connectivity index (χ4n) is 3.26. The Morgan fingerprint density at radius 2 is 2.04 bits per heavy atom. The van der Waals surface area contributed by atoms with Gasteiger partial charge in [0.25, 0.3) is 0 Å². The van der Waals surface area contributed by atoms with E-state index in [1.165, 1.54) is 6.07 Å². The molecule has 5 nitrogen and oxygen atoms in total. The standard InChI is InChI=1S/C21H20O5/c1-11(2)4-6-14-19(23)17(22)9-15-16-10-25-18-8-12(24-3)5-7-13(18)20(16)26-21(14)15/h4-5,7-9,22-23H,6,10H2,1-3H3. The van der Waals surface area contributed by atoms with E-state index in [2.05, 4.69) is 0 Å². The van der Waals surface area contributed by atoms with E-state index in [4.69, 9.17) is 13.9 Å². The summed E-state index contributed by atoms with van der Waals surface area (Å²) >= 11 is 0. The van der Waals surface area contributed by atoms with Gasteiger partial charge in [0.2, 0.25) is 0 Å². The molecule has 1 aliphatic rings. The Hall–Kier alpha value is -3.08. The van der Waals surface area contributed by atoms with Crippen molar-refractivity contribution < 1.29 is 24.1 Å². The second kappa shape index (κ2) is 6.02. The molecule has 2 N–H and O–H groups in total. The molecule has 26 heavy (non-hydrogen) atoms. The maximum absolute atomic E-state index is 10.3. The zero-order valence-corrected chi connectivity index (χ0v) is 14.9. The Bertz CT molecular complexity index is 1040. The number of ether oxygens (including phenoxy) is 2. The highest BCUT2D eigenvalue weighted by molar-refractivity contribution is 5.94. The molecule has 0 spiro atoms. The first-order chi connectivity index (χ1) is 12.5. The zero-order valence-electron chi connectivity index (χ0n) is 14.9. The Labute approximate surface area is 151 Å². The van der Waals surface area contributed by atoms with Crippen LogP contribution in [-0.2, 0) is 13.0 Å². The minimum Gasteiger partial charge on any atom is -0.504 e. The highest BCUT2D eigenvalue weighted by atomic mass is 16.5. The van der Waals surface area contributed by atoms with E-state index in [1.807, 2.05) is 38.1 Å². The average molecular weight is 352 g/mol. The molecule has 3 aromatic rings. The summed E-state index contributed by atoms with van der Waals surface area (Å²) in [6.07, 6.45) is 2.46. The van der Waals surface area contributed by atoms with Gasteiger partial charge in [-0.1, -0.05) is 11.6 Å². The predicted octanol–water partition coefficient (Wildman–Crippen LogP) is 4.92. The predicted molar refractivity (Wildman–Crippen MR) is 99.0 cm³/mol. The van der Waals surface area contributed by atoms with E-state index in [0.29, 0.717) is 41.4 Å². The van der Waals surface area contributed by atoms with Gasteiger partial charge in [-0.2, -0.15) is 0 Å². The number of allylic oxidation sites excluding steroid dienone is 2. The van der Waals surface area contributed by atoms with Crippen LogP contribution in [0.5, 0.6) is 23.0 Å². The van der Waals surface area contributed by atoms with Crippen molar-refractivity contribution >= 4 is 11.0 Å². The molecule has 0 saturated heterocycles. The number of phenols is 2. The molecule has 1 aromatic heterocycles. The number of rotatable bonds is 3. The molecule has 0 unspecified atom stereocenters. The molecule has 2 heterocycles. The SMILES string of the molecule is COc1ccc2c(c1)OCc1c-2oc2c(CC=C(C)C)c(O)c(O)cc12. The van der Waals surface area contributed by atoms with Gasteiger partial charge >= 0.3 is 0 Å². The van der Waals surface area contributed by atoms with Crippen LogP contribution in [-0.4, -0.2) is 17.3 Å². The summed E-state index contributed by atoms with van der Waals surface area (Å²) in [5.41, 5.74) is 3.97. The Balaban J connectivity index is 1.95. The number of fused-ring (bicyclic) bond motifs is 5. The van der Waals surface area contributed by atoms with Crippen molar-refractivity contribution in [3.8, 4) is 34.3 Å². The Morgan fingerprint density at radius 1 is 1.23 bits per heavy atom. The number of hydrogen-bond donors (Lipinski definition) is 2. The molecular formula is C21H20O5.